The van der Waals surface area contributed by atoms with Gasteiger partial charge >= 0.3 is 0 Å². The van der Waals surface area contributed by atoms with Crippen molar-refractivity contribution in [3.63, 3.8) is 0 Å². The molecule has 1 heterocycles. The van der Waals surface area contributed by atoms with Gasteiger partial charge in [0.1, 0.15) is 6.04 Å². The second-order valence-electron chi connectivity index (χ2n) is 6.09. The van der Waals surface area contributed by atoms with Crippen LogP contribution >= 0.6 is 0 Å². The van der Waals surface area contributed by atoms with Gasteiger partial charge in [0, 0.05) is 18.2 Å². The lowest BCUT2D eigenvalue weighted by Crippen LogP contribution is -2.49. The molecule has 2 amide bonds. The zero-order valence-electron chi connectivity index (χ0n) is 14.0. The Hall–Kier alpha value is -1.88. The van der Waals surface area contributed by atoms with Crippen LogP contribution in [0, 0.1) is 5.92 Å². The molecule has 1 atom stereocenters. The molecule has 5 heteroatoms. The standard InChI is InChI=1S/C18H27N3O2/c1-3-13-21(18(23)15-9-11-19-12-10-15)14(2)17(22)20-16-7-5-4-6-8-16/h4-8,14-15,19H,3,9-13H2,1-2H3,(H,20,22). The zero-order chi connectivity index (χ0) is 16.7. The molecule has 1 unspecified atom stereocenters. The van der Waals surface area contributed by atoms with Gasteiger partial charge in [0.15, 0.2) is 0 Å². The van der Waals surface area contributed by atoms with E-state index >= 15 is 0 Å². The third kappa shape index (κ3) is 4.79. The Labute approximate surface area is 138 Å². The molecule has 1 aromatic carbocycles. The summed E-state index contributed by atoms with van der Waals surface area (Å²) in [7, 11) is 0. The van der Waals surface area contributed by atoms with E-state index in [0.29, 0.717) is 6.54 Å². The first-order valence-corrected chi connectivity index (χ1v) is 8.50. The first-order valence-electron chi connectivity index (χ1n) is 8.50. The van der Waals surface area contributed by atoms with E-state index < -0.39 is 6.04 Å². The van der Waals surface area contributed by atoms with Gasteiger partial charge in [-0.05, 0) is 51.4 Å². The van der Waals surface area contributed by atoms with E-state index in [-0.39, 0.29) is 17.7 Å². The Kier molecular flexibility index (Phi) is 6.59. The van der Waals surface area contributed by atoms with Crippen molar-refractivity contribution >= 4 is 17.5 Å². The number of nitrogens with one attached hydrogen (secondary N) is 2. The number of benzene rings is 1. The number of rotatable bonds is 6. The van der Waals surface area contributed by atoms with E-state index in [1.165, 1.54) is 0 Å². The molecule has 126 valence electrons. The van der Waals surface area contributed by atoms with Crippen LogP contribution in [-0.4, -0.2) is 42.4 Å². The fourth-order valence-corrected chi connectivity index (χ4v) is 2.95. The summed E-state index contributed by atoms with van der Waals surface area (Å²) in [4.78, 5) is 27.0. The van der Waals surface area contributed by atoms with Crippen LogP contribution in [0.15, 0.2) is 30.3 Å². The lowest BCUT2D eigenvalue weighted by atomic mass is 9.95. The summed E-state index contributed by atoms with van der Waals surface area (Å²) in [6, 6.07) is 8.90. The molecule has 2 rings (SSSR count). The third-order valence-electron chi connectivity index (χ3n) is 4.32. The van der Waals surface area contributed by atoms with Crippen molar-refractivity contribution < 1.29 is 9.59 Å². The summed E-state index contributed by atoms with van der Waals surface area (Å²) >= 11 is 0. The number of para-hydroxylation sites is 1. The van der Waals surface area contributed by atoms with Gasteiger partial charge < -0.3 is 15.5 Å². The van der Waals surface area contributed by atoms with Crippen molar-refractivity contribution in [3.8, 4) is 0 Å². The average Bonchev–Trinajstić information content (AvgIpc) is 2.60. The minimum absolute atomic E-state index is 0.0368. The van der Waals surface area contributed by atoms with Crippen LogP contribution in [-0.2, 0) is 9.59 Å². The Morgan fingerprint density at radius 1 is 1.26 bits per heavy atom. The molecule has 1 aliphatic rings. The van der Waals surface area contributed by atoms with Crippen molar-refractivity contribution in [3.05, 3.63) is 30.3 Å². The van der Waals surface area contributed by atoms with E-state index in [2.05, 4.69) is 10.6 Å². The quantitative estimate of drug-likeness (QED) is 0.846. The normalized spacial score (nSPS) is 16.6. The number of amides is 2. The summed E-state index contributed by atoms with van der Waals surface area (Å²) in [6.07, 6.45) is 2.55. The van der Waals surface area contributed by atoms with Gasteiger partial charge in [-0.3, -0.25) is 9.59 Å². The van der Waals surface area contributed by atoms with Crippen LogP contribution in [0.3, 0.4) is 0 Å². The van der Waals surface area contributed by atoms with E-state index in [1.807, 2.05) is 44.2 Å². The number of piperidine rings is 1. The number of carbonyl (C=O) groups excluding carboxylic acids is 2. The molecule has 0 radical (unpaired) electrons. The van der Waals surface area contributed by atoms with Gasteiger partial charge in [-0.25, -0.2) is 0 Å². The van der Waals surface area contributed by atoms with Gasteiger partial charge in [0.25, 0.3) is 0 Å². The highest BCUT2D eigenvalue weighted by Gasteiger charge is 2.31. The molecule has 1 fully saturated rings. The van der Waals surface area contributed by atoms with Crippen LogP contribution in [0.4, 0.5) is 5.69 Å². The molecule has 2 N–H and O–H groups in total. The highest BCUT2D eigenvalue weighted by atomic mass is 16.2. The maximum absolute atomic E-state index is 12.8. The molecular formula is C18H27N3O2. The Morgan fingerprint density at radius 3 is 2.52 bits per heavy atom. The Balaban J connectivity index is 2.03. The van der Waals surface area contributed by atoms with Crippen LogP contribution in [0.1, 0.15) is 33.1 Å². The highest BCUT2D eigenvalue weighted by molar-refractivity contribution is 5.97. The lowest BCUT2D eigenvalue weighted by molar-refractivity contribution is -0.142. The van der Waals surface area contributed by atoms with Crippen LogP contribution in [0.25, 0.3) is 0 Å². The maximum Gasteiger partial charge on any atom is 0.246 e. The SMILES string of the molecule is CCCN(C(=O)C1CCNCC1)C(C)C(=O)Nc1ccccc1. The summed E-state index contributed by atoms with van der Waals surface area (Å²) in [5.74, 6) is 0.0192. The molecule has 0 bridgehead atoms. The summed E-state index contributed by atoms with van der Waals surface area (Å²) in [5.41, 5.74) is 0.759. The minimum Gasteiger partial charge on any atom is -0.331 e. The number of carbonyl (C=O) groups is 2. The van der Waals surface area contributed by atoms with Gasteiger partial charge in [0.05, 0.1) is 0 Å². The van der Waals surface area contributed by atoms with Crippen molar-refractivity contribution in [1.82, 2.24) is 10.2 Å². The smallest absolute Gasteiger partial charge is 0.246 e. The molecule has 0 aromatic heterocycles. The zero-order valence-corrected chi connectivity index (χ0v) is 14.0. The van der Waals surface area contributed by atoms with Crippen LogP contribution < -0.4 is 10.6 Å². The van der Waals surface area contributed by atoms with Gasteiger partial charge in [-0.1, -0.05) is 25.1 Å². The minimum atomic E-state index is -0.461. The number of hydrogen-bond acceptors (Lipinski definition) is 3. The van der Waals surface area contributed by atoms with E-state index in [1.54, 1.807) is 4.90 Å². The molecule has 0 saturated carbocycles. The van der Waals surface area contributed by atoms with Crippen molar-refractivity contribution in [2.45, 2.75) is 39.2 Å². The predicted octanol–water partition coefficient (Wildman–Crippen LogP) is 2.25. The largest absolute Gasteiger partial charge is 0.331 e. The molecule has 1 aromatic rings. The summed E-state index contributed by atoms with van der Waals surface area (Å²) < 4.78 is 0. The molecule has 0 aliphatic carbocycles. The van der Waals surface area contributed by atoms with Crippen molar-refractivity contribution in [2.75, 3.05) is 25.0 Å². The highest BCUT2D eigenvalue weighted by Crippen LogP contribution is 2.18. The first kappa shape index (κ1) is 17.5. The van der Waals surface area contributed by atoms with Crippen LogP contribution in [0.2, 0.25) is 0 Å². The molecule has 23 heavy (non-hydrogen) atoms. The predicted molar refractivity (Wildman–Crippen MR) is 92.1 cm³/mol. The fraction of sp³-hybridized carbons (Fsp3) is 0.556. The maximum atomic E-state index is 12.8. The average molecular weight is 317 g/mol. The van der Waals surface area contributed by atoms with E-state index in [9.17, 15) is 9.59 Å². The molecule has 1 saturated heterocycles. The molecule has 1 aliphatic heterocycles. The molecule has 5 nitrogen and oxygen atoms in total. The van der Waals surface area contributed by atoms with Crippen molar-refractivity contribution in [1.29, 1.82) is 0 Å². The van der Waals surface area contributed by atoms with Crippen molar-refractivity contribution in [2.24, 2.45) is 5.92 Å². The Bertz CT molecular complexity index is 512. The van der Waals surface area contributed by atoms with Gasteiger partial charge in [-0.2, -0.15) is 0 Å². The fourth-order valence-electron chi connectivity index (χ4n) is 2.95. The number of hydrogen-bond donors (Lipinski definition) is 2. The molecule has 0 spiro atoms. The number of anilines is 1. The van der Waals surface area contributed by atoms with E-state index in [0.717, 1.165) is 38.0 Å². The van der Waals surface area contributed by atoms with Crippen LogP contribution in [0.5, 0.6) is 0 Å². The number of nitrogens with zero attached hydrogens (tertiary/aromatic N) is 1. The van der Waals surface area contributed by atoms with Gasteiger partial charge in [-0.15, -0.1) is 0 Å². The summed E-state index contributed by atoms with van der Waals surface area (Å²) in [5, 5.41) is 6.17. The topological polar surface area (TPSA) is 61.4 Å². The second kappa shape index (κ2) is 8.67. The monoisotopic (exact) mass is 317 g/mol. The summed E-state index contributed by atoms with van der Waals surface area (Å²) in [6.45, 7) is 6.21. The molecular weight excluding hydrogens is 290 g/mol. The van der Waals surface area contributed by atoms with Gasteiger partial charge in [0.2, 0.25) is 11.8 Å². The Morgan fingerprint density at radius 2 is 1.91 bits per heavy atom. The van der Waals surface area contributed by atoms with E-state index in [4.69, 9.17) is 0 Å². The lowest BCUT2D eigenvalue weighted by Gasteiger charge is -2.33. The third-order valence-corrected chi connectivity index (χ3v) is 4.32. The first-order chi connectivity index (χ1) is 11.1. The second-order valence-corrected chi connectivity index (χ2v) is 6.09.